The molecule has 0 spiro atoms. The Labute approximate surface area is 246 Å². The zero-order chi connectivity index (χ0) is 29.1. The molecule has 3 aromatic carbocycles. The number of carbonyl (C=O) groups excluding carboxylic acids is 2. The molecule has 3 unspecified atom stereocenters. The first kappa shape index (κ1) is 27.9. The summed E-state index contributed by atoms with van der Waals surface area (Å²) in [6, 6.07) is 22.5. The van der Waals surface area contributed by atoms with Gasteiger partial charge in [0.15, 0.2) is 11.5 Å². The minimum Gasteiger partial charge on any atom is -0.497 e. The molecule has 2 amide bonds. The molecule has 9 heteroatoms. The van der Waals surface area contributed by atoms with Crippen LogP contribution in [0.15, 0.2) is 72.8 Å². The number of anilines is 1. The van der Waals surface area contributed by atoms with Gasteiger partial charge in [0.05, 0.1) is 26.2 Å². The third kappa shape index (κ3) is 5.74. The molecule has 3 aliphatic rings. The van der Waals surface area contributed by atoms with E-state index in [4.69, 9.17) is 18.9 Å². The minimum atomic E-state index is -0.427. The number of piperidine rings is 1. The monoisotopic (exact) mass is 571 g/mol. The predicted molar refractivity (Wildman–Crippen MR) is 158 cm³/mol. The van der Waals surface area contributed by atoms with Crippen LogP contribution in [0, 0.1) is 5.92 Å². The Hall–Kier alpha value is -4.24. The van der Waals surface area contributed by atoms with Crippen LogP contribution in [-0.2, 0) is 9.59 Å². The van der Waals surface area contributed by atoms with Crippen LogP contribution in [-0.4, -0.2) is 81.3 Å². The molecule has 0 aromatic heterocycles. The maximum atomic E-state index is 14.2. The minimum absolute atomic E-state index is 0.00567. The van der Waals surface area contributed by atoms with Crippen molar-refractivity contribution in [3.05, 3.63) is 78.4 Å². The molecule has 9 nitrogen and oxygen atoms in total. The third-order valence-electron chi connectivity index (χ3n) is 8.44. The number of nitrogens with zero attached hydrogens (tertiary/aromatic N) is 3. The third-order valence-corrected chi connectivity index (χ3v) is 8.44. The van der Waals surface area contributed by atoms with Crippen molar-refractivity contribution in [2.45, 2.75) is 25.0 Å². The van der Waals surface area contributed by atoms with Crippen LogP contribution in [0.4, 0.5) is 5.69 Å². The lowest BCUT2D eigenvalue weighted by Crippen LogP contribution is -2.55. The smallest absolute Gasteiger partial charge is 0.228 e. The summed E-state index contributed by atoms with van der Waals surface area (Å²) in [7, 11) is 3.24. The maximum absolute atomic E-state index is 14.2. The number of ether oxygens (including phenoxy) is 4. The van der Waals surface area contributed by atoms with Crippen molar-refractivity contribution in [1.29, 1.82) is 0 Å². The molecule has 0 N–H and O–H groups in total. The van der Waals surface area contributed by atoms with E-state index in [0.29, 0.717) is 38.3 Å². The topological polar surface area (TPSA) is 80.8 Å². The van der Waals surface area contributed by atoms with Crippen molar-refractivity contribution in [1.82, 2.24) is 9.80 Å². The molecule has 0 bridgehead atoms. The molecule has 2 fully saturated rings. The summed E-state index contributed by atoms with van der Waals surface area (Å²) in [6.07, 6.45) is 0.771. The van der Waals surface area contributed by atoms with Crippen molar-refractivity contribution in [3.63, 3.8) is 0 Å². The molecular formula is C33H37N3O6. The second-order valence-electron chi connectivity index (χ2n) is 10.9. The molecule has 3 aliphatic heterocycles. The molecule has 3 atom stereocenters. The van der Waals surface area contributed by atoms with Gasteiger partial charge in [0.25, 0.3) is 0 Å². The molecule has 2 saturated heterocycles. The number of para-hydroxylation sites is 2. The van der Waals surface area contributed by atoms with E-state index in [0.717, 1.165) is 48.1 Å². The number of benzene rings is 3. The van der Waals surface area contributed by atoms with Gasteiger partial charge < -0.3 is 28.7 Å². The van der Waals surface area contributed by atoms with Crippen LogP contribution in [0.3, 0.4) is 0 Å². The summed E-state index contributed by atoms with van der Waals surface area (Å²) in [5, 5.41) is 0. The Kier molecular flexibility index (Phi) is 8.19. The average molecular weight is 572 g/mol. The highest BCUT2D eigenvalue weighted by molar-refractivity contribution is 5.97. The van der Waals surface area contributed by atoms with Crippen LogP contribution < -0.4 is 23.8 Å². The highest BCUT2D eigenvalue weighted by Gasteiger charge is 2.43. The van der Waals surface area contributed by atoms with Crippen LogP contribution in [0.5, 0.6) is 23.0 Å². The van der Waals surface area contributed by atoms with Crippen molar-refractivity contribution in [2.24, 2.45) is 5.92 Å². The number of piperazine rings is 1. The van der Waals surface area contributed by atoms with Gasteiger partial charge in [-0.2, -0.15) is 0 Å². The standard InChI is InChI=1S/C33H37N3O6/c1-39-25-11-7-23(8-12-25)32-28(15-16-31(37)36(32)24-9-13-26(40-2)14-10-24)33(38)35-19-17-34(18-20-35)21-27-22-41-29-5-3-4-6-30(29)42-27/h3-14,27-28,32H,15-22H2,1-2H3. The van der Waals surface area contributed by atoms with E-state index in [1.165, 1.54) is 0 Å². The number of fused-ring (bicyclic) bond motifs is 1. The Morgan fingerprint density at radius 3 is 2.17 bits per heavy atom. The first-order valence-electron chi connectivity index (χ1n) is 14.5. The van der Waals surface area contributed by atoms with E-state index in [9.17, 15) is 9.59 Å². The van der Waals surface area contributed by atoms with E-state index in [1.54, 1.807) is 19.1 Å². The van der Waals surface area contributed by atoms with Gasteiger partial charge in [-0.05, 0) is 60.5 Å². The maximum Gasteiger partial charge on any atom is 0.228 e. The quantitative estimate of drug-likeness (QED) is 0.421. The molecule has 0 radical (unpaired) electrons. The summed E-state index contributed by atoms with van der Waals surface area (Å²) >= 11 is 0. The van der Waals surface area contributed by atoms with Crippen LogP contribution in [0.2, 0.25) is 0 Å². The zero-order valence-corrected chi connectivity index (χ0v) is 24.1. The fourth-order valence-electron chi connectivity index (χ4n) is 6.21. The Balaban J connectivity index is 1.17. The fraction of sp³-hybridized carbons (Fsp3) is 0.394. The lowest BCUT2D eigenvalue weighted by atomic mass is 9.82. The van der Waals surface area contributed by atoms with Crippen molar-refractivity contribution in [3.8, 4) is 23.0 Å². The number of carbonyl (C=O) groups is 2. The second kappa shape index (κ2) is 12.3. The van der Waals surface area contributed by atoms with Gasteiger partial charge in [0.2, 0.25) is 11.8 Å². The SMILES string of the molecule is COc1ccc(C2C(C(=O)N3CCN(CC4COc5ccccc5O4)CC3)CCC(=O)N2c2ccc(OC)cc2)cc1. The van der Waals surface area contributed by atoms with E-state index >= 15 is 0 Å². The molecule has 42 heavy (non-hydrogen) atoms. The summed E-state index contributed by atoms with van der Waals surface area (Å²) < 4.78 is 22.8. The molecule has 0 saturated carbocycles. The van der Waals surface area contributed by atoms with Gasteiger partial charge in [-0.1, -0.05) is 24.3 Å². The second-order valence-corrected chi connectivity index (χ2v) is 10.9. The normalized spacial score (nSPS) is 22.5. The summed E-state index contributed by atoms with van der Waals surface area (Å²) in [5.74, 6) is 2.73. The zero-order valence-electron chi connectivity index (χ0n) is 24.1. The van der Waals surface area contributed by atoms with E-state index in [2.05, 4.69) is 4.90 Å². The van der Waals surface area contributed by atoms with Crippen LogP contribution in [0.1, 0.15) is 24.4 Å². The van der Waals surface area contributed by atoms with Gasteiger partial charge in [0.1, 0.15) is 24.2 Å². The highest BCUT2D eigenvalue weighted by Crippen LogP contribution is 2.42. The molecule has 0 aliphatic carbocycles. The molecule has 3 aromatic rings. The highest BCUT2D eigenvalue weighted by atomic mass is 16.6. The lowest BCUT2D eigenvalue weighted by Gasteiger charge is -2.44. The van der Waals surface area contributed by atoms with Crippen molar-refractivity contribution >= 4 is 17.5 Å². The molecular weight excluding hydrogens is 534 g/mol. The molecule has 6 rings (SSSR count). The van der Waals surface area contributed by atoms with E-state index in [1.807, 2.05) is 77.7 Å². The van der Waals surface area contributed by atoms with Crippen LogP contribution >= 0.6 is 0 Å². The van der Waals surface area contributed by atoms with E-state index in [-0.39, 0.29) is 23.8 Å². The van der Waals surface area contributed by atoms with Gasteiger partial charge in [-0.15, -0.1) is 0 Å². The predicted octanol–water partition coefficient (Wildman–Crippen LogP) is 4.17. The Morgan fingerprint density at radius 2 is 1.50 bits per heavy atom. The average Bonchev–Trinajstić information content (AvgIpc) is 3.05. The van der Waals surface area contributed by atoms with Gasteiger partial charge >= 0.3 is 0 Å². The number of rotatable bonds is 7. The number of amides is 2. The van der Waals surface area contributed by atoms with Crippen LogP contribution in [0.25, 0.3) is 0 Å². The lowest BCUT2D eigenvalue weighted by molar-refractivity contribution is -0.140. The summed E-state index contributed by atoms with van der Waals surface area (Å²) in [6.45, 7) is 4.03. The number of hydrogen-bond acceptors (Lipinski definition) is 7. The molecule has 220 valence electrons. The van der Waals surface area contributed by atoms with Crippen molar-refractivity contribution in [2.75, 3.05) is 58.5 Å². The number of hydrogen-bond donors (Lipinski definition) is 0. The number of methoxy groups -OCH3 is 2. The fourth-order valence-corrected chi connectivity index (χ4v) is 6.21. The van der Waals surface area contributed by atoms with Gasteiger partial charge in [0, 0.05) is 44.8 Å². The Bertz CT molecular complexity index is 1390. The van der Waals surface area contributed by atoms with Crippen molar-refractivity contribution < 1.29 is 28.5 Å². The Morgan fingerprint density at radius 1 is 0.857 bits per heavy atom. The van der Waals surface area contributed by atoms with E-state index < -0.39 is 6.04 Å². The van der Waals surface area contributed by atoms with Gasteiger partial charge in [-0.3, -0.25) is 14.5 Å². The first-order chi connectivity index (χ1) is 20.5. The summed E-state index contributed by atoms with van der Waals surface area (Å²) in [5.41, 5.74) is 1.66. The van der Waals surface area contributed by atoms with Gasteiger partial charge in [-0.25, -0.2) is 0 Å². The first-order valence-corrected chi connectivity index (χ1v) is 14.5. The largest absolute Gasteiger partial charge is 0.497 e. The summed E-state index contributed by atoms with van der Waals surface area (Å²) in [4.78, 5) is 33.7. The molecule has 3 heterocycles.